The Balaban J connectivity index is 1.74. The largest absolute Gasteiger partial charge is 0.331 e. The van der Waals surface area contributed by atoms with E-state index < -0.39 is 6.04 Å². The second-order valence-electron chi connectivity index (χ2n) is 5.72. The molecule has 1 N–H and O–H groups in total. The molecule has 0 spiro atoms. The number of carbonyl (C=O) groups excluding carboxylic acids is 2. The predicted octanol–water partition coefficient (Wildman–Crippen LogP) is 2.26. The molecule has 126 valence electrons. The molecule has 0 bridgehead atoms. The summed E-state index contributed by atoms with van der Waals surface area (Å²) in [5.74, 6) is -0.260. The van der Waals surface area contributed by atoms with Gasteiger partial charge in [-0.15, -0.1) is 0 Å². The molecular formula is C16H18ClN5O2. The van der Waals surface area contributed by atoms with E-state index >= 15 is 0 Å². The molecule has 1 fully saturated rings. The quantitative estimate of drug-likeness (QED) is 0.923. The minimum atomic E-state index is -0.426. The summed E-state index contributed by atoms with van der Waals surface area (Å²) in [7, 11) is 0. The van der Waals surface area contributed by atoms with Crippen molar-refractivity contribution in [1.29, 1.82) is 0 Å². The average molecular weight is 348 g/mol. The molecule has 2 amide bonds. The third-order valence-electron chi connectivity index (χ3n) is 4.09. The summed E-state index contributed by atoms with van der Waals surface area (Å²) >= 11 is 6.26. The smallest absolute Gasteiger partial charge is 0.247 e. The maximum Gasteiger partial charge on any atom is 0.247 e. The van der Waals surface area contributed by atoms with Crippen LogP contribution in [0.5, 0.6) is 0 Å². The number of nitrogens with zero attached hydrogens (tertiary/aromatic N) is 4. The molecule has 3 rings (SSSR count). The number of benzene rings is 1. The van der Waals surface area contributed by atoms with E-state index in [9.17, 15) is 9.59 Å². The third-order valence-corrected chi connectivity index (χ3v) is 4.39. The summed E-state index contributed by atoms with van der Waals surface area (Å²) in [6.45, 7) is 2.12. The van der Waals surface area contributed by atoms with Crippen LogP contribution in [-0.2, 0) is 9.59 Å². The Bertz CT molecular complexity index is 747. The van der Waals surface area contributed by atoms with Crippen LogP contribution in [0.4, 0.5) is 5.69 Å². The van der Waals surface area contributed by atoms with Crippen LogP contribution < -0.4 is 5.32 Å². The Morgan fingerprint density at radius 3 is 2.83 bits per heavy atom. The fourth-order valence-corrected chi connectivity index (χ4v) is 3.18. The lowest BCUT2D eigenvalue weighted by Crippen LogP contribution is -2.49. The highest BCUT2D eigenvalue weighted by molar-refractivity contribution is 6.32. The van der Waals surface area contributed by atoms with Crippen LogP contribution >= 0.6 is 11.6 Å². The number of aromatic nitrogens is 3. The van der Waals surface area contributed by atoms with E-state index in [1.807, 2.05) is 0 Å². The maximum atomic E-state index is 12.5. The summed E-state index contributed by atoms with van der Waals surface area (Å²) in [5, 5.41) is 7.33. The molecule has 1 aromatic carbocycles. The van der Waals surface area contributed by atoms with Crippen LogP contribution in [-0.4, -0.2) is 44.1 Å². The molecular weight excluding hydrogens is 330 g/mol. The van der Waals surface area contributed by atoms with Crippen LogP contribution in [0.2, 0.25) is 5.02 Å². The van der Waals surface area contributed by atoms with Gasteiger partial charge >= 0.3 is 0 Å². The Labute approximate surface area is 144 Å². The molecule has 1 aliphatic rings. The van der Waals surface area contributed by atoms with Crippen molar-refractivity contribution in [2.45, 2.75) is 32.2 Å². The summed E-state index contributed by atoms with van der Waals surface area (Å²) in [4.78, 5) is 29.7. The molecule has 24 heavy (non-hydrogen) atoms. The fraction of sp³-hybridized carbons (Fsp3) is 0.375. The molecule has 0 unspecified atom stereocenters. The Morgan fingerprint density at radius 2 is 2.17 bits per heavy atom. The first-order valence-corrected chi connectivity index (χ1v) is 8.16. The van der Waals surface area contributed by atoms with Gasteiger partial charge in [0.15, 0.2) is 0 Å². The van der Waals surface area contributed by atoms with Gasteiger partial charge in [-0.2, -0.15) is 5.10 Å². The summed E-state index contributed by atoms with van der Waals surface area (Å²) in [5.41, 5.74) is 1.26. The summed E-state index contributed by atoms with van der Waals surface area (Å²) in [6.07, 6.45) is 5.52. The molecule has 0 radical (unpaired) electrons. The molecule has 7 nitrogen and oxygen atoms in total. The van der Waals surface area contributed by atoms with Gasteiger partial charge in [0, 0.05) is 19.2 Å². The van der Waals surface area contributed by atoms with E-state index in [-0.39, 0.29) is 11.8 Å². The molecule has 0 aliphatic carbocycles. The molecule has 0 saturated carbocycles. The Morgan fingerprint density at radius 1 is 1.33 bits per heavy atom. The first kappa shape index (κ1) is 16.4. The van der Waals surface area contributed by atoms with E-state index in [1.165, 1.54) is 13.3 Å². The number of likely N-dealkylation sites (tertiary alicyclic amines) is 1. The van der Waals surface area contributed by atoms with Crippen LogP contribution in [0.15, 0.2) is 30.9 Å². The predicted molar refractivity (Wildman–Crippen MR) is 90.0 cm³/mol. The number of halogens is 1. The zero-order valence-electron chi connectivity index (χ0n) is 13.3. The molecule has 2 aromatic rings. The summed E-state index contributed by atoms with van der Waals surface area (Å²) < 4.78 is 1.55. The Kier molecular flexibility index (Phi) is 4.80. The normalized spacial score (nSPS) is 17.6. The number of anilines is 1. The van der Waals surface area contributed by atoms with Gasteiger partial charge in [-0.25, -0.2) is 9.67 Å². The second-order valence-corrected chi connectivity index (χ2v) is 6.13. The highest BCUT2D eigenvalue weighted by Crippen LogP contribution is 2.25. The number of amides is 2. The van der Waals surface area contributed by atoms with Crippen LogP contribution in [0.1, 0.15) is 26.2 Å². The van der Waals surface area contributed by atoms with E-state index in [4.69, 9.17) is 11.6 Å². The maximum absolute atomic E-state index is 12.5. The van der Waals surface area contributed by atoms with Crippen molar-refractivity contribution in [3.8, 4) is 5.69 Å². The topological polar surface area (TPSA) is 80.1 Å². The summed E-state index contributed by atoms with van der Waals surface area (Å²) in [6, 6.07) is 4.75. The number of nitrogens with one attached hydrogen (secondary N) is 1. The van der Waals surface area contributed by atoms with Gasteiger partial charge < -0.3 is 10.2 Å². The monoisotopic (exact) mass is 347 g/mol. The molecule has 1 atom stereocenters. The van der Waals surface area contributed by atoms with Gasteiger partial charge in [0.2, 0.25) is 11.8 Å². The highest BCUT2D eigenvalue weighted by atomic mass is 35.5. The number of rotatable bonds is 3. The molecule has 1 aliphatic heterocycles. The number of carbonyl (C=O) groups is 2. The number of piperidine rings is 1. The van der Waals surface area contributed by atoms with Crippen molar-refractivity contribution in [2.24, 2.45) is 0 Å². The van der Waals surface area contributed by atoms with Gasteiger partial charge in [-0.1, -0.05) is 11.6 Å². The van der Waals surface area contributed by atoms with E-state index in [1.54, 1.807) is 34.1 Å². The lowest BCUT2D eigenvalue weighted by Gasteiger charge is -2.33. The minimum absolute atomic E-state index is 0.0746. The number of hydrogen-bond donors (Lipinski definition) is 1. The van der Waals surface area contributed by atoms with Gasteiger partial charge in [0.1, 0.15) is 18.7 Å². The molecule has 1 aromatic heterocycles. The minimum Gasteiger partial charge on any atom is -0.331 e. The van der Waals surface area contributed by atoms with Crippen molar-refractivity contribution in [1.82, 2.24) is 19.7 Å². The van der Waals surface area contributed by atoms with Crippen molar-refractivity contribution in [2.75, 3.05) is 11.9 Å². The third kappa shape index (κ3) is 3.41. The van der Waals surface area contributed by atoms with Gasteiger partial charge in [0.25, 0.3) is 0 Å². The lowest BCUT2D eigenvalue weighted by atomic mass is 10.0. The first-order valence-electron chi connectivity index (χ1n) is 7.79. The van der Waals surface area contributed by atoms with E-state index in [2.05, 4.69) is 15.4 Å². The van der Waals surface area contributed by atoms with Gasteiger partial charge in [0.05, 0.1) is 10.7 Å². The van der Waals surface area contributed by atoms with Crippen molar-refractivity contribution in [3.05, 3.63) is 35.9 Å². The van der Waals surface area contributed by atoms with Gasteiger partial charge in [-0.05, 0) is 37.5 Å². The van der Waals surface area contributed by atoms with Crippen molar-refractivity contribution >= 4 is 29.1 Å². The fourth-order valence-electron chi connectivity index (χ4n) is 2.91. The zero-order valence-corrected chi connectivity index (χ0v) is 14.0. The van der Waals surface area contributed by atoms with Crippen LogP contribution in [0.25, 0.3) is 5.69 Å². The first-order chi connectivity index (χ1) is 11.6. The van der Waals surface area contributed by atoms with E-state index in [0.717, 1.165) is 12.8 Å². The van der Waals surface area contributed by atoms with Crippen molar-refractivity contribution < 1.29 is 9.59 Å². The molecule has 2 heterocycles. The zero-order chi connectivity index (χ0) is 17.1. The highest BCUT2D eigenvalue weighted by Gasteiger charge is 2.30. The van der Waals surface area contributed by atoms with Gasteiger partial charge in [-0.3, -0.25) is 9.59 Å². The lowest BCUT2D eigenvalue weighted by molar-refractivity contribution is -0.138. The molecule has 1 saturated heterocycles. The standard InChI is InChI=1S/C16H18ClN5O2/c1-11(23)21-7-3-2-4-15(21)16(24)20-12-5-6-14(13(17)8-12)22-10-18-9-19-22/h5-6,8-10,15H,2-4,7H2,1H3,(H,20,24)/t15-/m1/s1. The molecule has 8 heteroatoms. The Hall–Kier alpha value is -2.41. The number of hydrogen-bond acceptors (Lipinski definition) is 4. The average Bonchev–Trinajstić information content (AvgIpc) is 3.09. The second kappa shape index (κ2) is 7.00. The van der Waals surface area contributed by atoms with Crippen LogP contribution in [0, 0.1) is 0 Å². The van der Waals surface area contributed by atoms with E-state index in [0.29, 0.717) is 29.4 Å². The van der Waals surface area contributed by atoms with Crippen LogP contribution in [0.3, 0.4) is 0 Å². The SMILES string of the molecule is CC(=O)N1CCCC[C@@H]1C(=O)Nc1ccc(-n2cncn2)c(Cl)c1. The van der Waals surface area contributed by atoms with Crippen molar-refractivity contribution in [3.63, 3.8) is 0 Å².